The van der Waals surface area contributed by atoms with Crippen LogP contribution in [0.3, 0.4) is 0 Å². The van der Waals surface area contributed by atoms with E-state index in [9.17, 15) is 9.59 Å². The van der Waals surface area contributed by atoms with Gasteiger partial charge in [0, 0.05) is 19.0 Å². The SMILES string of the molecule is COc1cccc(CC(=O)N2CC[C@@H](Oc3cc(C)oc(=O)c3)C2)c1. The zero-order valence-electron chi connectivity index (χ0n) is 14.4. The Balaban J connectivity index is 1.58. The van der Waals surface area contributed by atoms with Crippen molar-refractivity contribution < 1.29 is 18.7 Å². The molecule has 1 amide bonds. The summed E-state index contributed by atoms with van der Waals surface area (Å²) in [6.45, 7) is 2.86. The largest absolute Gasteiger partial charge is 0.497 e. The van der Waals surface area contributed by atoms with Gasteiger partial charge in [0.05, 0.1) is 26.1 Å². The standard InChI is InChI=1S/C19H21NO5/c1-13-8-17(11-19(22)24-13)25-16-6-7-20(12-16)18(21)10-14-4-3-5-15(9-14)23-2/h3-5,8-9,11,16H,6-7,10,12H2,1-2H3/t16-/m1/s1. The van der Waals surface area contributed by atoms with E-state index in [2.05, 4.69) is 0 Å². The summed E-state index contributed by atoms with van der Waals surface area (Å²) in [5.74, 6) is 1.79. The smallest absolute Gasteiger partial charge is 0.339 e. The van der Waals surface area contributed by atoms with E-state index in [-0.39, 0.29) is 12.0 Å². The van der Waals surface area contributed by atoms with E-state index in [0.717, 1.165) is 17.7 Å². The minimum Gasteiger partial charge on any atom is -0.497 e. The van der Waals surface area contributed by atoms with Gasteiger partial charge in [0.2, 0.25) is 5.91 Å². The summed E-state index contributed by atoms with van der Waals surface area (Å²) in [6.07, 6.45) is 0.955. The van der Waals surface area contributed by atoms with Crippen LogP contribution in [-0.4, -0.2) is 37.1 Å². The van der Waals surface area contributed by atoms with Gasteiger partial charge in [-0.25, -0.2) is 4.79 Å². The molecule has 0 unspecified atom stereocenters. The van der Waals surface area contributed by atoms with Gasteiger partial charge in [0.1, 0.15) is 23.4 Å². The molecule has 1 aromatic carbocycles. The van der Waals surface area contributed by atoms with Crippen LogP contribution in [0.1, 0.15) is 17.7 Å². The monoisotopic (exact) mass is 343 g/mol. The van der Waals surface area contributed by atoms with E-state index < -0.39 is 5.63 Å². The molecule has 1 saturated heterocycles. The molecule has 25 heavy (non-hydrogen) atoms. The summed E-state index contributed by atoms with van der Waals surface area (Å²) in [5, 5.41) is 0. The molecule has 0 bridgehead atoms. The van der Waals surface area contributed by atoms with Crippen molar-refractivity contribution in [1.29, 1.82) is 0 Å². The number of hydrogen-bond donors (Lipinski definition) is 0. The first kappa shape index (κ1) is 17.1. The molecule has 132 valence electrons. The lowest BCUT2D eigenvalue weighted by Crippen LogP contribution is -2.32. The fraction of sp³-hybridized carbons (Fsp3) is 0.368. The van der Waals surface area contributed by atoms with Gasteiger partial charge in [-0.15, -0.1) is 0 Å². The van der Waals surface area contributed by atoms with E-state index >= 15 is 0 Å². The highest BCUT2D eigenvalue weighted by molar-refractivity contribution is 5.79. The number of nitrogens with zero attached hydrogens (tertiary/aromatic N) is 1. The molecule has 1 fully saturated rings. The van der Waals surface area contributed by atoms with Crippen LogP contribution in [0.2, 0.25) is 0 Å². The zero-order valence-corrected chi connectivity index (χ0v) is 14.4. The van der Waals surface area contributed by atoms with E-state index in [1.54, 1.807) is 25.0 Å². The zero-order chi connectivity index (χ0) is 17.8. The van der Waals surface area contributed by atoms with Crippen LogP contribution in [0, 0.1) is 6.92 Å². The molecule has 2 aromatic rings. The van der Waals surface area contributed by atoms with Crippen LogP contribution >= 0.6 is 0 Å². The van der Waals surface area contributed by atoms with Crippen molar-refractivity contribution in [2.75, 3.05) is 20.2 Å². The van der Waals surface area contributed by atoms with Gasteiger partial charge in [0.15, 0.2) is 0 Å². The van der Waals surface area contributed by atoms with E-state index in [1.807, 2.05) is 24.3 Å². The van der Waals surface area contributed by atoms with Gasteiger partial charge in [0.25, 0.3) is 0 Å². The van der Waals surface area contributed by atoms with E-state index in [0.29, 0.717) is 31.0 Å². The van der Waals surface area contributed by atoms with Crippen LogP contribution in [0.5, 0.6) is 11.5 Å². The van der Waals surface area contributed by atoms with Crippen LogP contribution in [-0.2, 0) is 11.2 Å². The van der Waals surface area contributed by atoms with E-state index in [1.165, 1.54) is 6.07 Å². The number of hydrogen-bond acceptors (Lipinski definition) is 5. The van der Waals surface area contributed by atoms with Gasteiger partial charge >= 0.3 is 5.63 Å². The van der Waals surface area contributed by atoms with Gasteiger partial charge in [-0.1, -0.05) is 12.1 Å². The first-order chi connectivity index (χ1) is 12.0. The maximum absolute atomic E-state index is 12.5. The molecule has 1 aliphatic heterocycles. The molecule has 0 radical (unpaired) electrons. The second-order valence-electron chi connectivity index (χ2n) is 6.12. The highest BCUT2D eigenvalue weighted by Gasteiger charge is 2.27. The Labute approximate surface area is 146 Å². The number of methoxy groups -OCH3 is 1. The predicted molar refractivity (Wildman–Crippen MR) is 92.0 cm³/mol. The molecule has 3 rings (SSSR count). The van der Waals surface area contributed by atoms with Crippen molar-refractivity contribution in [2.24, 2.45) is 0 Å². The summed E-state index contributed by atoms with van der Waals surface area (Å²) in [7, 11) is 1.61. The third-order valence-electron chi connectivity index (χ3n) is 4.16. The summed E-state index contributed by atoms with van der Waals surface area (Å²) in [4.78, 5) is 25.7. The Morgan fingerprint density at radius 2 is 2.12 bits per heavy atom. The Morgan fingerprint density at radius 1 is 1.28 bits per heavy atom. The quantitative estimate of drug-likeness (QED) is 0.832. The summed E-state index contributed by atoms with van der Waals surface area (Å²) < 4.78 is 15.9. The van der Waals surface area contributed by atoms with Crippen molar-refractivity contribution in [3.8, 4) is 11.5 Å². The molecule has 1 aliphatic rings. The molecule has 0 spiro atoms. The van der Waals surface area contributed by atoms with Crippen LogP contribution in [0.15, 0.2) is 45.6 Å². The molecule has 1 aromatic heterocycles. The highest BCUT2D eigenvalue weighted by Crippen LogP contribution is 2.20. The number of carbonyl (C=O) groups excluding carboxylic acids is 1. The third kappa shape index (κ3) is 4.41. The molecule has 0 saturated carbocycles. The molecule has 6 heteroatoms. The van der Waals surface area contributed by atoms with Crippen molar-refractivity contribution >= 4 is 5.91 Å². The number of amides is 1. The average Bonchev–Trinajstić information content (AvgIpc) is 3.02. The lowest BCUT2D eigenvalue weighted by atomic mass is 10.1. The van der Waals surface area contributed by atoms with Gasteiger partial charge in [-0.2, -0.15) is 0 Å². The normalized spacial score (nSPS) is 16.7. The summed E-state index contributed by atoms with van der Waals surface area (Å²) in [6, 6.07) is 10.5. The van der Waals surface area contributed by atoms with Crippen LogP contribution in [0.4, 0.5) is 0 Å². The first-order valence-corrected chi connectivity index (χ1v) is 8.22. The average molecular weight is 343 g/mol. The van der Waals surface area contributed by atoms with Crippen molar-refractivity contribution in [2.45, 2.75) is 25.9 Å². The lowest BCUT2D eigenvalue weighted by molar-refractivity contribution is -0.129. The lowest BCUT2D eigenvalue weighted by Gasteiger charge is -2.17. The number of likely N-dealkylation sites (tertiary alicyclic amines) is 1. The maximum atomic E-state index is 12.5. The van der Waals surface area contributed by atoms with Gasteiger partial charge < -0.3 is 18.8 Å². The Morgan fingerprint density at radius 3 is 2.88 bits per heavy atom. The molecule has 2 heterocycles. The van der Waals surface area contributed by atoms with Crippen molar-refractivity contribution in [1.82, 2.24) is 4.90 Å². The predicted octanol–water partition coefficient (Wildman–Crippen LogP) is 2.18. The first-order valence-electron chi connectivity index (χ1n) is 8.22. The molecular formula is C19H21NO5. The topological polar surface area (TPSA) is 69.0 Å². The Bertz CT molecular complexity index is 813. The van der Waals surface area contributed by atoms with Crippen molar-refractivity contribution in [3.63, 3.8) is 0 Å². The van der Waals surface area contributed by atoms with E-state index in [4.69, 9.17) is 13.9 Å². The minimum absolute atomic E-state index is 0.0584. The number of rotatable bonds is 5. The molecule has 1 atom stereocenters. The highest BCUT2D eigenvalue weighted by atomic mass is 16.5. The number of ether oxygens (including phenoxy) is 2. The number of aryl methyl sites for hydroxylation is 1. The summed E-state index contributed by atoms with van der Waals surface area (Å²) in [5.41, 5.74) is 0.490. The molecule has 0 aliphatic carbocycles. The second-order valence-corrected chi connectivity index (χ2v) is 6.12. The molecule has 6 nitrogen and oxygen atoms in total. The Hall–Kier alpha value is -2.76. The fourth-order valence-corrected chi connectivity index (χ4v) is 2.96. The maximum Gasteiger partial charge on any atom is 0.339 e. The Kier molecular flexibility index (Phi) is 5.07. The minimum atomic E-state index is -0.432. The number of carbonyl (C=O) groups is 1. The molecule has 0 N–H and O–H groups in total. The molecular weight excluding hydrogens is 322 g/mol. The van der Waals surface area contributed by atoms with Gasteiger partial charge in [-0.05, 0) is 24.6 Å². The third-order valence-corrected chi connectivity index (χ3v) is 4.16. The van der Waals surface area contributed by atoms with Crippen molar-refractivity contribution in [3.05, 3.63) is 58.1 Å². The number of benzene rings is 1. The van der Waals surface area contributed by atoms with Crippen LogP contribution in [0.25, 0.3) is 0 Å². The summed E-state index contributed by atoms with van der Waals surface area (Å²) >= 11 is 0. The fourth-order valence-electron chi connectivity index (χ4n) is 2.96. The van der Waals surface area contributed by atoms with Gasteiger partial charge in [-0.3, -0.25) is 4.79 Å². The van der Waals surface area contributed by atoms with Crippen LogP contribution < -0.4 is 15.1 Å². The second kappa shape index (κ2) is 7.42.